The molecule has 2 N–H and O–H groups in total. The third kappa shape index (κ3) is 2.90. The Balaban J connectivity index is 2.05. The van der Waals surface area contributed by atoms with Crippen LogP contribution in [0.15, 0.2) is 24.4 Å². The Kier molecular flexibility index (Phi) is 4.26. The number of hydrogen-bond acceptors (Lipinski definition) is 6. The van der Waals surface area contributed by atoms with Gasteiger partial charge in [-0.15, -0.1) is 11.3 Å². The van der Waals surface area contributed by atoms with Crippen molar-refractivity contribution >= 4 is 33.1 Å². The van der Waals surface area contributed by atoms with Crippen molar-refractivity contribution < 1.29 is 4.74 Å². The molecule has 3 heterocycles. The number of fused-ring (bicyclic) bond motifs is 1. The fourth-order valence-corrected chi connectivity index (χ4v) is 3.25. The molecule has 0 spiro atoms. The summed E-state index contributed by atoms with van der Waals surface area (Å²) in [6, 6.07) is 6.14. The molecule has 116 valence electrons. The average Bonchev–Trinajstić information content (AvgIpc) is 3.16. The molecule has 3 rings (SSSR count). The lowest BCUT2D eigenvalue weighted by Crippen LogP contribution is -2.12. The van der Waals surface area contributed by atoms with Crippen LogP contribution in [0.5, 0.6) is 0 Å². The highest BCUT2D eigenvalue weighted by atomic mass is 32.1. The van der Waals surface area contributed by atoms with Gasteiger partial charge < -0.3 is 15.0 Å². The van der Waals surface area contributed by atoms with Gasteiger partial charge in [-0.1, -0.05) is 0 Å². The summed E-state index contributed by atoms with van der Waals surface area (Å²) in [4.78, 5) is 7.86. The van der Waals surface area contributed by atoms with Gasteiger partial charge in [0.25, 0.3) is 0 Å². The van der Waals surface area contributed by atoms with Crippen molar-refractivity contribution in [1.82, 2.24) is 15.2 Å². The molecule has 0 saturated heterocycles. The van der Waals surface area contributed by atoms with Gasteiger partial charge >= 0.3 is 0 Å². The fraction of sp³-hybridized carbons (Fsp3) is 0.333. The number of pyridine rings is 1. The molecular formula is C15H19N5OS. The number of thiophene rings is 1. The van der Waals surface area contributed by atoms with Gasteiger partial charge in [-0.05, 0) is 12.1 Å². The Bertz CT molecular complexity index is 751. The second kappa shape index (κ2) is 6.33. The summed E-state index contributed by atoms with van der Waals surface area (Å²) in [5, 5.41) is 10.5. The number of aromatic nitrogens is 3. The van der Waals surface area contributed by atoms with Crippen LogP contribution in [-0.2, 0) is 4.74 Å². The second-order valence-corrected chi connectivity index (χ2v) is 6.19. The van der Waals surface area contributed by atoms with Gasteiger partial charge in [0.1, 0.15) is 5.82 Å². The molecule has 0 radical (unpaired) electrons. The van der Waals surface area contributed by atoms with Crippen molar-refractivity contribution in [3.05, 3.63) is 24.4 Å². The van der Waals surface area contributed by atoms with Crippen molar-refractivity contribution in [1.29, 1.82) is 0 Å². The van der Waals surface area contributed by atoms with E-state index >= 15 is 0 Å². The van der Waals surface area contributed by atoms with Crippen molar-refractivity contribution in [3.8, 4) is 10.6 Å². The smallest absolute Gasteiger partial charge is 0.130 e. The number of methoxy groups -OCH3 is 1. The molecule has 7 heteroatoms. The fourth-order valence-electron chi connectivity index (χ4n) is 2.18. The molecule has 0 fully saturated rings. The number of anilines is 2. The molecule has 0 amide bonds. The van der Waals surface area contributed by atoms with Crippen LogP contribution >= 0.6 is 11.3 Å². The zero-order valence-electron chi connectivity index (χ0n) is 12.9. The van der Waals surface area contributed by atoms with Crippen LogP contribution in [0.1, 0.15) is 0 Å². The van der Waals surface area contributed by atoms with Crippen LogP contribution in [0.2, 0.25) is 0 Å². The van der Waals surface area contributed by atoms with Crippen LogP contribution in [0, 0.1) is 0 Å². The molecule has 0 aliphatic carbocycles. The maximum atomic E-state index is 5.12. The molecule has 0 unspecified atom stereocenters. The summed E-state index contributed by atoms with van der Waals surface area (Å²) >= 11 is 1.70. The lowest BCUT2D eigenvalue weighted by molar-refractivity contribution is 0.211. The van der Waals surface area contributed by atoms with E-state index in [1.165, 1.54) is 0 Å². The van der Waals surface area contributed by atoms with E-state index in [1.807, 2.05) is 25.1 Å². The highest BCUT2D eigenvalue weighted by molar-refractivity contribution is 7.22. The van der Waals surface area contributed by atoms with Gasteiger partial charge in [-0.2, -0.15) is 5.10 Å². The van der Waals surface area contributed by atoms with E-state index in [-0.39, 0.29) is 0 Å². The third-order valence-corrected chi connectivity index (χ3v) is 4.50. The Morgan fingerprint density at radius 2 is 2.23 bits per heavy atom. The minimum atomic E-state index is 0.667. The lowest BCUT2D eigenvalue weighted by atomic mass is 10.3. The summed E-state index contributed by atoms with van der Waals surface area (Å²) in [6.07, 6.45) is 1.76. The largest absolute Gasteiger partial charge is 0.383 e. The van der Waals surface area contributed by atoms with Crippen molar-refractivity contribution in [2.75, 3.05) is 44.6 Å². The van der Waals surface area contributed by atoms with E-state index in [9.17, 15) is 0 Å². The van der Waals surface area contributed by atoms with Crippen LogP contribution in [0.25, 0.3) is 20.8 Å². The van der Waals surface area contributed by atoms with E-state index in [1.54, 1.807) is 24.6 Å². The summed E-state index contributed by atoms with van der Waals surface area (Å²) in [5.74, 6) is 0.932. The van der Waals surface area contributed by atoms with E-state index < -0.39 is 0 Å². The summed E-state index contributed by atoms with van der Waals surface area (Å²) < 4.78 is 6.26. The van der Waals surface area contributed by atoms with E-state index in [0.29, 0.717) is 6.61 Å². The number of ether oxygens (including phenoxy) is 1. The molecule has 0 aliphatic heterocycles. The highest BCUT2D eigenvalue weighted by Crippen LogP contribution is 2.37. The monoisotopic (exact) mass is 317 g/mol. The maximum Gasteiger partial charge on any atom is 0.130 e. The molecule has 0 saturated carbocycles. The van der Waals surface area contributed by atoms with Crippen LogP contribution < -0.4 is 10.2 Å². The van der Waals surface area contributed by atoms with Gasteiger partial charge in [0.15, 0.2) is 0 Å². The molecule has 3 aromatic rings. The SMILES string of the molecule is COCCNc1cc(N(C)C)nc2cc(-c3ccn[nH]3)sc12. The zero-order chi connectivity index (χ0) is 15.5. The molecule has 3 aromatic heterocycles. The first-order valence-corrected chi connectivity index (χ1v) is 7.85. The normalized spacial score (nSPS) is 11.0. The minimum Gasteiger partial charge on any atom is -0.383 e. The van der Waals surface area contributed by atoms with Crippen LogP contribution in [0.3, 0.4) is 0 Å². The number of nitrogens with zero attached hydrogens (tertiary/aromatic N) is 3. The highest BCUT2D eigenvalue weighted by Gasteiger charge is 2.13. The Morgan fingerprint density at radius 1 is 1.36 bits per heavy atom. The lowest BCUT2D eigenvalue weighted by Gasteiger charge is -2.14. The summed E-state index contributed by atoms with van der Waals surface area (Å²) in [5.41, 5.74) is 3.08. The van der Waals surface area contributed by atoms with Gasteiger partial charge in [0.2, 0.25) is 0 Å². The first kappa shape index (κ1) is 14.8. The molecule has 22 heavy (non-hydrogen) atoms. The molecular weight excluding hydrogens is 298 g/mol. The Morgan fingerprint density at radius 3 is 2.91 bits per heavy atom. The minimum absolute atomic E-state index is 0.667. The van der Waals surface area contributed by atoms with E-state index in [2.05, 4.69) is 27.6 Å². The Hall–Kier alpha value is -2.12. The number of nitrogens with one attached hydrogen (secondary N) is 2. The van der Waals surface area contributed by atoms with Crippen molar-refractivity contribution in [2.24, 2.45) is 0 Å². The zero-order valence-corrected chi connectivity index (χ0v) is 13.7. The van der Waals surface area contributed by atoms with Gasteiger partial charge in [-0.25, -0.2) is 4.98 Å². The van der Waals surface area contributed by atoms with Crippen molar-refractivity contribution in [3.63, 3.8) is 0 Å². The quantitative estimate of drug-likeness (QED) is 0.684. The number of H-pyrrole nitrogens is 1. The molecule has 0 bridgehead atoms. The number of aromatic amines is 1. The second-order valence-electron chi connectivity index (χ2n) is 5.14. The number of hydrogen-bond donors (Lipinski definition) is 2. The molecule has 6 nitrogen and oxygen atoms in total. The van der Waals surface area contributed by atoms with Crippen molar-refractivity contribution in [2.45, 2.75) is 0 Å². The first-order valence-electron chi connectivity index (χ1n) is 7.03. The standard InChI is InChI=1S/C15H19N5OS/c1-20(2)14-9-11(16-6-7-21-3)15-12(18-14)8-13(22-15)10-4-5-17-19-10/h4-5,8-9H,6-7H2,1-3H3,(H,16,18)(H,17,19). The topological polar surface area (TPSA) is 66.1 Å². The summed E-state index contributed by atoms with van der Waals surface area (Å²) in [6.45, 7) is 1.43. The van der Waals surface area contributed by atoms with Gasteiger partial charge in [0, 0.05) is 40.0 Å². The molecule has 0 aliphatic rings. The van der Waals surface area contributed by atoms with Crippen LogP contribution in [0.4, 0.5) is 11.5 Å². The van der Waals surface area contributed by atoms with E-state index in [4.69, 9.17) is 9.72 Å². The number of rotatable bonds is 6. The summed E-state index contributed by atoms with van der Waals surface area (Å²) in [7, 11) is 5.70. The molecule has 0 aromatic carbocycles. The van der Waals surface area contributed by atoms with Gasteiger partial charge in [-0.3, -0.25) is 5.10 Å². The molecule has 0 atom stereocenters. The van der Waals surface area contributed by atoms with Gasteiger partial charge in [0.05, 0.1) is 33.1 Å². The first-order chi connectivity index (χ1) is 10.7. The predicted octanol–water partition coefficient (Wildman–Crippen LogP) is 2.81. The Labute approximate surface area is 133 Å². The third-order valence-electron chi connectivity index (χ3n) is 3.31. The maximum absolute atomic E-state index is 5.12. The van der Waals surface area contributed by atoms with E-state index in [0.717, 1.165) is 38.8 Å². The van der Waals surface area contributed by atoms with Crippen LogP contribution in [-0.4, -0.2) is 49.5 Å². The predicted molar refractivity (Wildman–Crippen MR) is 91.9 cm³/mol. The average molecular weight is 317 g/mol.